The molecule has 0 aliphatic heterocycles. The molecule has 0 aromatic heterocycles. The summed E-state index contributed by atoms with van der Waals surface area (Å²) in [6.07, 6.45) is 0. The molecule has 0 spiro atoms. The Hall–Kier alpha value is -3.43. The summed E-state index contributed by atoms with van der Waals surface area (Å²) in [5, 5.41) is 2.71. The lowest BCUT2D eigenvalue weighted by Crippen LogP contribution is -2.69. The second-order valence-electron chi connectivity index (χ2n) is 10.7. The zero-order chi connectivity index (χ0) is 32.2. The first-order valence-corrected chi connectivity index (χ1v) is 21.3. The topological polar surface area (TPSA) is 89.5 Å². The monoisotopic (exact) mass is 650 g/mol. The summed E-state index contributed by atoms with van der Waals surface area (Å²) in [6.45, 7) is 16.8. The molecule has 11 heteroatoms. The van der Waals surface area contributed by atoms with Gasteiger partial charge in [0.25, 0.3) is 0 Å². The predicted molar refractivity (Wildman–Crippen MR) is 179 cm³/mol. The van der Waals surface area contributed by atoms with Crippen LogP contribution >= 0.6 is 0 Å². The highest BCUT2D eigenvalue weighted by atomic mass is 28.5. The van der Waals surface area contributed by atoms with E-state index >= 15 is 0 Å². The molecule has 0 fully saturated rings. The van der Waals surface area contributed by atoms with Gasteiger partial charge in [-0.15, -0.1) is 0 Å². The number of carbonyl (C=O) groups is 2. The Balaban J connectivity index is 1.98. The van der Waals surface area contributed by atoms with Crippen molar-refractivity contribution in [3.8, 4) is 0 Å². The van der Waals surface area contributed by atoms with Crippen LogP contribution in [0, 0.1) is 0 Å². The van der Waals surface area contributed by atoms with Gasteiger partial charge < -0.3 is 26.6 Å². The van der Waals surface area contributed by atoms with Gasteiger partial charge in [-0.1, -0.05) is 104 Å². The van der Waals surface area contributed by atoms with Gasteiger partial charge in [0.1, 0.15) is 13.2 Å². The standard InChI is InChI=1S/C33H42O8Si3/c1-27(2)32(34)36-23-25-38-42(5,29-17-11-8-12-18-29)40-44(7,31-21-15-10-16-22-31)41-43(6,30-19-13-9-14-20-30)39-26-24-37-33(35)28(3)4/h8-22H,1,3,23-26H2,2,4-7H3. The summed E-state index contributed by atoms with van der Waals surface area (Å²) in [5.41, 5.74) is 0.641. The normalized spacial score (nSPS) is 15.2. The van der Waals surface area contributed by atoms with Crippen LogP contribution in [0.1, 0.15) is 13.8 Å². The molecule has 3 aromatic rings. The van der Waals surface area contributed by atoms with Crippen LogP contribution in [0.4, 0.5) is 0 Å². The maximum absolute atomic E-state index is 12.0. The van der Waals surface area contributed by atoms with Crippen molar-refractivity contribution in [2.75, 3.05) is 26.4 Å². The Bertz CT molecular complexity index is 1320. The van der Waals surface area contributed by atoms with Gasteiger partial charge in [-0.3, -0.25) is 0 Å². The maximum atomic E-state index is 12.0. The Kier molecular flexibility index (Phi) is 12.8. The molecule has 0 heterocycles. The third-order valence-electron chi connectivity index (χ3n) is 6.76. The van der Waals surface area contributed by atoms with E-state index in [2.05, 4.69) is 13.2 Å². The lowest BCUT2D eigenvalue weighted by molar-refractivity contribution is -0.140. The van der Waals surface area contributed by atoms with Crippen molar-refractivity contribution in [2.45, 2.75) is 33.5 Å². The first kappa shape index (κ1) is 35.1. The average molecular weight is 651 g/mol. The van der Waals surface area contributed by atoms with Crippen LogP contribution in [0.2, 0.25) is 19.6 Å². The molecule has 0 aliphatic rings. The van der Waals surface area contributed by atoms with Crippen LogP contribution in [0.25, 0.3) is 0 Å². The highest BCUT2D eigenvalue weighted by Gasteiger charge is 2.51. The van der Waals surface area contributed by atoms with E-state index in [0.717, 1.165) is 15.6 Å². The average Bonchev–Trinajstić information content (AvgIpc) is 3.02. The Morgan fingerprint density at radius 2 is 0.818 bits per heavy atom. The van der Waals surface area contributed by atoms with Gasteiger partial charge in [0.05, 0.1) is 13.2 Å². The fourth-order valence-electron chi connectivity index (χ4n) is 4.44. The number of hydrogen-bond donors (Lipinski definition) is 0. The molecular weight excluding hydrogens is 609 g/mol. The second kappa shape index (κ2) is 16.0. The van der Waals surface area contributed by atoms with Crippen molar-refractivity contribution >= 4 is 53.2 Å². The first-order valence-electron chi connectivity index (χ1n) is 14.4. The fourth-order valence-corrected chi connectivity index (χ4v) is 17.0. The predicted octanol–water partition coefficient (Wildman–Crippen LogP) is 4.23. The molecule has 0 radical (unpaired) electrons. The SMILES string of the molecule is C=C(C)C(=O)OCCO[Si](C)(O[Si](C)(O[Si](C)(OCCOC(=O)C(=C)C)c1ccccc1)c1ccccc1)c1ccccc1. The number of benzene rings is 3. The molecule has 0 aliphatic carbocycles. The molecule has 0 amide bonds. The molecular formula is C33H42O8Si3. The molecule has 8 nitrogen and oxygen atoms in total. The van der Waals surface area contributed by atoms with E-state index in [9.17, 15) is 9.59 Å². The van der Waals surface area contributed by atoms with E-state index in [1.165, 1.54) is 0 Å². The zero-order valence-corrected chi connectivity index (χ0v) is 29.2. The van der Waals surface area contributed by atoms with Crippen molar-refractivity contribution in [2.24, 2.45) is 0 Å². The van der Waals surface area contributed by atoms with Crippen LogP contribution in [-0.4, -0.2) is 64.0 Å². The Morgan fingerprint density at radius 1 is 0.523 bits per heavy atom. The lowest BCUT2D eigenvalue weighted by Gasteiger charge is -2.42. The molecule has 2 atom stereocenters. The van der Waals surface area contributed by atoms with Crippen LogP contribution < -0.4 is 15.6 Å². The first-order chi connectivity index (χ1) is 20.9. The number of esters is 2. The molecule has 0 saturated heterocycles. The third-order valence-corrected chi connectivity index (χ3v) is 18.6. The minimum Gasteiger partial charge on any atom is -0.460 e. The number of hydrogen-bond acceptors (Lipinski definition) is 8. The highest BCUT2D eigenvalue weighted by Crippen LogP contribution is 2.23. The van der Waals surface area contributed by atoms with Crippen LogP contribution in [0.15, 0.2) is 115 Å². The summed E-state index contributed by atoms with van der Waals surface area (Å²) in [6, 6.07) is 29.4. The van der Waals surface area contributed by atoms with Crippen molar-refractivity contribution in [3.63, 3.8) is 0 Å². The van der Waals surface area contributed by atoms with Gasteiger partial charge in [-0.2, -0.15) is 0 Å². The molecule has 2 unspecified atom stereocenters. The van der Waals surface area contributed by atoms with Gasteiger partial charge in [0.15, 0.2) is 0 Å². The van der Waals surface area contributed by atoms with Gasteiger partial charge >= 0.3 is 37.6 Å². The van der Waals surface area contributed by atoms with E-state index in [1.54, 1.807) is 13.8 Å². The minimum atomic E-state index is -3.33. The number of carbonyl (C=O) groups excluding carboxylic acids is 2. The summed E-state index contributed by atoms with van der Waals surface area (Å²) < 4.78 is 38.0. The minimum absolute atomic E-state index is 0.0530. The van der Waals surface area contributed by atoms with Crippen LogP contribution in [0.3, 0.4) is 0 Å². The smallest absolute Gasteiger partial charge is 0.360 e. The highest BCUT2D eigenvalue weighted by molar-refractivity contribution is 6.98. The lowest BCUT2D eigenvalue weighted by atomic mass is 10.4. The molecule has 0 bridgehead atoms. The molecule has 3 aromatic carbocycles. The summed E-state index contributed by atoms with van der Waals surface area (Å²) in [7, 11) is -9.73. The number of rotatable bonds is 17. The zero-order valence-electron chi connectivity index (χ0n) is 26.2. The maximum Gasteiger partial charge on any atom is 0.360 e. The molecule has 234 valence electrons. The van der Waals surface area contributed by atoms with Crippen molar-refractivity contribution in [3.05, 3.63) is 115 Å². The molecule has 0 saturated carbocycles. The Morgan fingerprint density at radius 3 is 1.11 bits per heavy atom. The van der Waals surface area contributed by atoms with Gasteiger partial charge in [0.2, 0.25) is 0 Å². The van der Waals surface area contributed by atoms with E-state index in [1.807, 2.05) is 111 Å². The largest absolute Gasteiger partial charge is 0.460 e. The molecule has 0 N–H and O–H groups in total. The number of ether oxygens (including phenoxy) is 2. The molecule has 3 rings (SSSR count). The third kappa shape index (κ3) is 9.79. The Labute approximate surface area is 264 Å². The quantitative estimate of drug-likeness (QED) is 0.0929. The van der Waals surface area contributed by atoms with Crippen LogP contribution in [-0.2, 0) is 36.1 Å². The van der Waals surface area contributed by atoms with Crippen molar-refractivity contribution in [1.29, 1.82) is 0 Å². The summed E-state index contributed by atoms with van der Waals surface area (Å²) in [4.78, 5) is 23.9. The van der Waals surface area contributed by atoms with Gasteiger partial charge in [-0.05, 0) is 49.0 Å². The van der Waals surface area contributed by atoms with Crippen LogP contribution in [0.5, 0.6) is 0 Å². The van der Waals surface area contributed by atoms with E-state index in [4.69, 9.17) is 26.6 Å². The fraction of sp³-hybridized carbons (Fsp3) is 0.273. The summed E-state index contributed by atoms with van der Waals surface area (Å²) in [5.74, 6) is -0.944. The van der Waals surface area contributed by atoms with E-state index in [-0.39, 0.29) is 26.4 Å². The van der Waals surface area contributed by atoms with Gasteiger partial charge in [0, 0.05) is 11.1 Å². The molecule has 44 heavy (non-hydrogen) atoms. The van der Waals surface area contributed by atoms with E-state index < -0.39 is 37.6 Å². The summed E-state index contributed by atoms with van der Waals surface area (Å²) >= 11 is 0. The van der Waals surface area contributed by atoms with Gasteiger partial charge in [-0.25, -0.2) is 9.59 Å². The van der Waals surface area contributed by atoms with Crippen molar-refractivity contribution in [1.82, 2.24) is 0 Å². The van der Waals surface area contributed by atoms with E-state index in [0.29, 0.717) is 11.1 Å². The van der Waals surface area contributed by atoms with Crippen molar-refractivity contribution < 1.29 is 36.1 Å². The second-order valence-corrected chi connectivity index (χ2v) is 20.3.